The third kappa shape index (κ3) is 4.48. The van der Waals surface area contributed by atoms with E-state index in [0.29, 0.717) is 21.6 Å². The summed E-state index contributed by atoms with van der Waals surface area (Å²) in [6.45, 7) is 7.79. The Kier molecular flexibility index (Phi) is 6.45. The van der Waals surface area contributed by atoms with E-state index in [1.165, 1.54) is 12.3 Å². The van der Waals surface area contributed by atoms with E-state index >= 15 is 0 Å². The van der Waals surface area contributed by atoms with Gasteiger partial charge in [-0.05, 0) is 47.2 Å². The molecule has 0 unspecified atom stereocenters. The van der Waals surface area contributed by atoms with Crippen molar-refractivity contribution >= 4 is 44.6 Å². The number of halogens is 1. The molecule has 157 valence electrons. The summed E-state index contributed by atoms with van der Waals surface area (Å²) in [5, 5.41) is 2.10. The summed E-state index contributed by atoms with van der Waals surface area (Å²) in [7, 11) is -4.09. The highest BCUT2D eigenvalue weighted by Gasteiger charge is 2.26. The normalized spacial score (nSPS) is 12.0. The van der Waals surface area contributed by atoms with Crippen LogP contribution in [0.15, 0.2) is 53.6 Å². The zero-order valence-corrected chi connectivity index (χ0v) is 18.8. The van der Waals surface area contributed by atoms with Gasteiger partial charge in [0.1, 0.15) is 4.90 Å². The zero-order chi connectivity index (χ0) is 22.1. The van der Waals surface area contributed by atoms with Crippen molar-refractivity contribution in [2.75, 3.05) is 5.01 Å². The minimum Gasteiger partial charge on any atom is -0.261 e. The van der Waals surface area contributed by atoms with Gasteiger partial charge in [0.05, 0.1) is 11.2 Å². The third-order valence-corrected chi connectivity index (χ3v) is 6.26. The van der Waals surface area contributed by atoms with Gasteiger partial charge in [-0.2, -0.15) is 0 Å². The van der Waals surface area contributed by atoms with Gasteiger partial charge in [0.2, 0.25) is 0 Å². The molecule has 0 spiro atoms. The van der Waals surface area contributed by atoms with Crippen LogP contribution in [-0.4, -0.2) is 19.8 Å². The first-order valence-electron chi connectivity index (χ1n) is 9.52. The second-order valence-electron chi connectivity index (χ2n) is 7.63. The predicted octanol–water partition coefficient (Wildman–Crippen LogP) is 4.90. The second-order valence-corrected chi connectivity index (χ2v) is 9.72. The zero-order valence-electron chi connectivity index (χ0n) is 17.2. The maximum Gasteiger partial charge on any atom is 0.333 e. The molecule has 0 saturated heterocycles. The van der Waals surface area contributed by atoms with E-state index in [9.17, 15) is 13.2 Å². The molecule has 0 aliphatic carbocycles. The summed E-state index contributed by atoms with van der Waals surface area (Å²) in [5.74, 6) is -0.00206. The Balaban J connectivity index is 2.09. The fourth-order valence-corrected chi connectivity index (χ4v) is 4.44. The Morgan fingerprint density at radius 2 is 1.63 bits per heavy atom. The SMILES string of the molecule is CC(C)c1cc(Cl)cc(C(C)C)c1N([C]=O)NS(=O)(=O)c1cnc2ccccc2c1. The number of para-hydroxylation sites is 1. The van der Waals surface area contributed by atoms with E-state index in [-0.39, 0.29) is 16.7 Å². The number of sulfonamides is 1. The fourth-order valence-electron chi connectivity index (χ4n) is 3.26. The molecular formula is C22H23ClN3O3S. The molecule has 0 aliphatic heterocycles. The van der Waals surface area contributed by atoms with Gasteiger partial charge in [0.25, 0.3) is 10.0 Å². The van der Waals surface area contributed by atoms with Gasteiger partial charge in [-0.15, -0.1) is 4.83 Å². The molecule has 0 atom stereocenters. The molecule has 0 saturated carbocycles. The summed E-state index contributed by atoms with van der Waals surface area (Å²) in [5.41, 5.74) is 2.61. The molecular weight excluding hydrogens is 422 g/mol. The average molecular weight is 445 g/mol. The number of carbonyl (C=O) groups excluding carboxylic acids is 1. The Hall–Kier alpha value is -2.48. The third-order valence-electron chi connectivity index (χ3n) is 4.78. The van der Waals surface area contributed by atoms with Crippen molar-refractivity contribution in [1.29, 1.82) is 0 Å². The van der Waals surface area contributed by atoms with Crippen LogP contribution in [0.4, 0.5) is 5.69 Å². The predicted molar refractivity (Wildman–Crippen MR) is 120 cm³/mol. The molecule has 1 N–H and O–H groups in total. The number of fused-ring (bicyclic) bond motifs is 1. The highest BCUT2D eigenvalue weighted by Crippen LogP contribution is 2.37. The van der Waals surface area contributed by atoms with Crippen molar-refractivity contribution in [3.05, 3.63) is 64.8 Å². The van der Waals surface area contributed by atoms with E-state index < -0.39 is 10.0 Å². The summed E-state index contributed by atoms with van der Waals surface area (Å²) in [6, 6.07) is 12.2. The van der Waals surface area contributed by atoms with Crippen LogP contribution in [0, 0.1) is 0 Å². The van der Waals surface area contributed by atoms with Crippen molar-refractivity contribution in [1.82, 2.24) is 9.82 Å². The van der Waals surface area contributed by atoms with Gasteiger partial charge < -0.3 is 0 Å². The standard InChI is InChI=1S/C22H23ClN3O3S/c1-14(2)19-10-17(23)11-20(15(3)4)22(19)26(13-27)25-30(28,29)18-9-16-7-5-6-8-21(16)24-12-18/h5-12,14-15,25H,1-4H3. The van der Waals surface area contributed by atoms with Crippen LogP contribution in [0.1, 0.15) is 50.7 Å². The van der Waals surface area contributed by atoms with E-state index in [2.05, 4.69) is 9.82 Å². The van der Waals surface area contributed by atoms with E-state index in [1.807, 2.05) is 33.8 Å². The van der Waals surface area contributed by atoms with Crippen LogP contribution in [0.2, 0.25) is 5.02 Å². The monoisotopic (exact) mass is 444 g/mol. The highest BCUT2D eigenvalue weighted by atomic mass is 35.5. The number of anilines is 1. The molecule has 8 heteroatoms. The van der Waals surface area contributed by atoms with Gasteiger partial charge >= 0.3 is 6.41 Å². The van der Waals surface area contributed by atoms with Crippen LogP contribution in [-0.2, 0) is 14.8 Å². The summed E-state index contributed by atoms with van der Waals surface area (Å²) < 4.78 is 26.1. The lowest BCUT2D eigenvalue weighted by Crippen LogP contribution is -2.42. The smallest absolute Gasteiger partial charge is 0.261 e. The van der Waals surface area contributed by atoms with Gasteiger partial charge in [0, 0.05) is 16.6 Å². The highest BCUT2D eigenvalue weighted by molar-refractivity contribution is 7.89. The number of aromatic nitrogens is 1. The molecule has 6 nitrogen and oxygen atoms in total. The summed E-state index contributed by atoms with van der Waals surface area (Å²) in [6.07, 6.45) is 2.99. The Morgan fingerprint density at radius 1 is 1.03 bits per heavy atom. The maximum absolute atomic E-state index is 13.1. The number of pyridine rings is 1. The molecule has 30 heavy (non-hydrogen) atoms. The van der Waals surface area contributed by atoms with Crippen LogP contribution in [0.5, 0.6) is 0 Å². The van der Waals surface area contributed by atoms with E-state index in [4.69, 9.17) is 11.6 Å². The number of amides is 1. The molecule has 3 aromatic rings. The summed E-state index contributed by atoms with van der Waals surface area (Å²) >= 11 is 6.28. The largest absolute Gasteiger partial charge is 0.333 e. The van der Waals surface area contributed by atoms with Gasteiger partial charge in [-0.25, -0.2) is 13.4 Å². The van der Waals surface area contributed by atoms with Crippen molar-refractivity contribution in [3.63, 3.8) is 0 Å². The van der Waals surface area contributed by atoms with Gasteiger partial charge in [0.15, 0.2) is 0 Å². The minimum atomic E-state index is -4.09. The maximum atomic E-state index is 13.1. The fraction of sp³-hybridized carbons (Fsp3) is 0.273. The van der Waals surface area contributed by atoms with Gasteiger partial charge in [-0.1, -0.05) is 57.5 Å². The number of nitrogens with one attached hydrogen (secondary N) is 1. The van der Waals surface area contributed by atoms with Crippen LogP contribution in [0.25, 0.3) is 10.9 Å². The first kappa shape index (κ1) is 22.2. The lowest BCUT2D eigenvalue weighted by molar-refractivity contribution is 0.542. The average Bonchev–Trinajstić information content (AvgIpc) is 2.71. The Morgan fingerprint density at radius 3 is 2.20 bits per heavy atom. The van der Waals surface area contributed by atoms with Crippen molar-refractivity contribution in [3.8, 4) is 0 Å². The Bertz CT molecular complexity index is 1160. The number of rotatable bonds is 7. The number of hydrogen-bond acceptors (Lipinski definition) is 4. The molecule has 3 rings (SSSR count). The van der Waals surface area contributed by atoms with E-state index in [0.717, 1.165) is 16.1 Å². The second kappa shape index (κ2) is 8.71. The van der Waals surface area contributed by atoms with Crippen molar-refractivity contribution in [2.45, 2.75) is 44.4 Å². The number of nitrogens with zero attached hydrogens (tertiary/aromatic N) is 2. The lowest BCUT2D eigenvalue weighted by Gasteiger charge is -2.27. The molecule has 1 radical (unpaired) electrons. The molecule has 2 aromatic carbocycles. The topological polar surface area (TPSA) is 79.4 Å². The molecule has 0 fully saturated rings. The molecule has 1 heterocycles. The minimum absolute atomic E-state index is 0.00103. The molecule has 1 amide bonds. The first-order chi connectivity index (χ1) is 14.1. The summed E-state index contributed by atoms with van der Waals surface area (Å²) in [4.78, 5) is 18.4. The van der Waals surface area contributed by atoms with Crippen molar-refractivity contribution < 1.29 is 13.2 Å². The Labute approximate surface area is 181 Å². The first-order valence-corrected chi connectivity index (χ1v) is 11.4. The number of hydrazine groups is 1. The van der Waals surface area contributed by atoms with Crippen molar-refractivity contribution in [2.24, 2.45) is 0 Å². The van der Waals surface area contributed by atoms with Gasteiger partial charge in [-0.3, -0.25) is 9.78 Å². The number of hydrogen-bond donors (Lipinski definition) is 1. The van der Waals surface area contributed by atoms with Crippen LogP contribution >= 0.6 is 11.6 Å². The van der Waals surface area contributed by atoms with Crippen LogP contribution < -0.4 is 9.84 Å². The molecule has 0 bridgehead atoms. The number of benzene rings is 2. The quantitative estimate of drug-likeness (QED) is 0.415. The van der Waals surface area contributed by atoms with E-state index in [1.54, 1.807) is 36.7 Å². The molecule has 0 aliphatic rings. The van der Waals surface area contributed by atoms with Crippen LogP contribution in [0.3, 0.4) is 0 Å². The lowest BCUT2D eigenvalue weighted by atomic mass is 9.92. The molecule has 1 aromatic heterocycles.